The van der Waals surface area contributed by atoms with Gasteiger partial charge < -0.3 is 20.8 Å². The fourth-order valence-electron chi connectivity index (χ4n) is 1.40. The third-order valence-electron chi connectivity index (χ3n) is 2.15. The number of nitrogens with zero attached hydrogens (tertiary/aromatic N) is 1. The van der Waals surface area contributed by atoms with E-state index in [9.17, 15) is 19.5 Å². The highest BCUT2D eigenvalue weighted by Gasteiger charge is 2.22. The minimum absolute atomic E-state index is 0.114. The second-order valence-corrected chi connectivity index (χ2v) is 4.60. The Kier molecular flexibility index (Phi) is 4.87. The number of rotatable bonds is 5. The molecule has 19 heavy (non-hydrogen) atoms. The van der Waals surface area contributed by atoms with Crippen molar-refractivity contribution in [1.82, 2.24) is 4.90 Å². The van der Waals surface area contributed by atoms with Crippen molar-refractivity contribution in [3.63, 3.8) is 0 Å². The van der Waals surface area contributed by atoms with Crippen LogP contribution in [0.3, 0.4) is 0 Å². The van der Waals surface area contributed by atoms with Crippen molar-refractivity contribution >= 4 is 33.7 Å². The Morgan fingerprint density at radius 2 is 1.89 bits per heavy atom. The number of amides is 2. The Labute approximate surface area is 116 Å². The Bertz CT molecular complexity index is 516. The number of hydrogen-bond acceptors (Lipinski definition) is 4. The maximum atomic E-state index is 12.1. The number of carbonyl (C=O) groups excluding carboxylic acids is 2. The number of halogens is 1. The number of carbonyl (C=O) groups is 3. The van der Waals surface area contributed by atoms with Crippen LogP contribution in [0.1, 0.15) is 10.4 Å². The highest BCUT2D eigenvalue weighted by Crippen LogP contribution is 2.23. The molecule has 2 amide bonds. The first-order valence-electron chi connectivity index (χ1n) is 5.09. The first-order valence-corrected chi connectivity index (χ1v) is 5.88. The van der Waals surface area contributed by atoms with E-state index in [0.29, 0.717) is 4.47 Å². The molecule has 8 heteroatoms. The predicted molar refractivity (Wildman–Crippen MR) is 68.5 cm³/mol. The van der Waals surface area contributed by atoms with Gasteiger partial charge in [0.25, 0.3) is 5.91 Å². The van der Waals surface area contributed by atoms with Crippen LogP contribution in [0, 0.1) is 0 Å². The SMILES string of the molecule is NC(=O)CN(CC(=O)O)C(=O)c1cc(Br)ccc1O. The molecular formula is C11H11BrN2O5. The molecule has 0 bridgehead atoms. The van der Waals surface area contributed by atoms with E-state index in [4.69, 9.17) is 10.8 Å². The summed E-state index contributed by atoms with van der Waals surface area (Å²) in [6.07, 6.45) is 0. The normalized spacial score (nSPS) is 9.95. The van der Waals surface area contributed by atoms with Crippen molar-refractivity contribution in [3.05, 3.63) is 28.2 Å². The van der Waals surface area contributed by atoms with Gasteiger partial charge in [0.05, 0.1) is 5.56 Å². The molecule has 0 aromatic heterocycles. The molecule has 1 aromatic carbocycles. The third-order valence-corrected chi connectivity index (χ3v) is 2.64. The smallest absolute Gasteiger partial charge is 0.323 e. The number of aliphatic carboxylic acids is 1. The summed E-state index contributed by atoms with van der Waals surface area (Å²) in [6.45, 7) is -1.23. The first-order chi connectivity index (χ1) is 8.81. The van der Waals surface area contributed by atoms with E-state index in [2.05, 4.69) is 15.9 Å². The molecule has 0 saturated heterocycles. The van der Waals surface area contributed by atoms with Crippen LogP contribution in [0.2, 0.25) is 0 Å². The Morgan fingerprint density at radius 3 is 2.42 bits per heavy atom. The lowest BCUT2D eigenvalue weighted by molar-refractivity contribution is -0.138. The molecule has 0 unspecified atom stereocenters. The van der Waals surface area contributed by atoms with Crippen LogP contribution in [-0.2, 0) is 9.59 Å². The summed E-state index contributed by atoms with van der Waals surface area (Å²) in [6, 6.07) is 4.12. The monoisotopic (exact) mass is 330 g/mol. The number of phenolic OH excluding ortho intramolecular Hbond substituents is 1. The predicted octanol–water partition coefficient (Wildman–Crippen LogP) is 0.167. The highest BCUT2D eigenvalue weighted by atomic mass is 79.9. The number of primary amides is 1. The lowest BCUT2D eigenvalue weighted by Crippen LogP contribution is -2.41. The lowest BCUT2D eigenvalue weighted by atomic mass is 10.1. The maximum Gasteiger partial charge on any atom is 0.323 e. The topological polar surface area (TPSA) is 121 Å². The summed E-state index contributed by atoms with van der Waals surface area (Å²) < 4.78 is 0.531. The molecule has 102 valence electrons. The van der Waals surface area contributed by atoms with Gasteiger partial charge in [-0.2, -0.15) is 0 Å². The minimum Gasteiger partial charge on any atom is -0.507 e. The summed E-state index contributed by atoms with van der Waals surface area (Å²) in [5.74, 6) is -3.23. The molecule has 0 fully saturated rings. The fraction of sp³-hybridized carbons (Fsp3) is 0.182. The van der Waals surface area contributed by atoms with Crippen LogP contribution in [0.5, 0.6) is 5.75 Å². The molecule has 0 spiro atoms. The number of phenols is 1. The van der Waals surface area contributed by atoms with Gasteiger partial charge in [0, 0.05) is 4.47 Å². The van der Waals surface area contributed by atoms with Gasteiger partial charge in [-0.3, -0.25) is 14.4 Å². The number of carboxylic acid groups (broad SMARTS) is 1. The van der Waals surface area contributed by atoms with Gasteiger partial charge in [-0.25, -0.2) is 0 Å². The van der Waals surface area contributed by atoms with Gasteiger partial charge in [-0.1, -0.05) is 15.9 Å². The molecule has 0 aliphatic heterocycles. The number of aromatic hydroxyl groups is 1. The van der Waals surface area contributed by atoms with Crippen LogP contribution in [-0.4, -0.2) is 46.0 Å². The van der Waals surface area contributed by atoms with Gasteiger partial charge in [-0.15, -0.1) is 0 Å². The Balaban J connectivity index is 3.07. The zero-order valence-electron chi connectivity index (χ0n) is 9.67. The summed E-state index contributed by atoms with van der Waals surface area (Å²) in [7, 11) is 0. The van der Waals surface area contributed by atoms with Crippen LogP contribution in [0.4, 0.5) is 0 Å². The van der Waals surface area contributed by atoms with E-state index >= 15 is 0 Å². The average molecular weight is 331 g/mol. The number of carboxylic acids is 1. The summed E-state index contributed by atoms with van der Waals surface area (Å²) in [4.78, 5) is 34.3. The lowest BCUT2D eigenvalue weighted by Gasteiger charge is -2.19. The molecule has 0 heterocycles. The van der Waals surface area contributed by atoms with Crippen LogP contribution in [0.15, 0.2) is 22.7 Å². The standard InChI is InChI=1S/C11H11BrN2O5/c12-6-1-2-8(15)7(3-6)11(19)14(4-9(13)16)5-10(17)18/h1-3,15H,4-5H2,(H2,13,16)(H,17,18). The molecule has 1 aromatic rings. The number of benzene rings is 1. The van der Waals surface area contributed by atoms with Gasteiger partial charge in [0.1, 0.15) is 18.8 Å². The van der Waals surface area contributed by atoms with Crippen molar-refractivity contribution < 1.29 is 24.6 Å². The highest BCUT2D eigenvalue weighted by molar-refractivity contribution is 9.10. The zero-order chi connectivity index (χ0) is 14.6. The molecular weight excluding hydrogens is 320 g/mol. The van der Waals surface area contributed by atoms with Crippen molar-refractivity contribution in [1.29, 1.82) is 0 Å². The average Bonchev–Trinajstić information content (AvgIpc) is 2.29. The second kappa shape index (κ2) is 6.19. The quantitative estimate of drug-likeness (QED) is 0.710. The van der Waals surface area contributed by atoms with Gasteiger partial charge in [0.2, 0.25) is 5.91 Å². The van der Waals surface area contributed by atoms with Crippen molar-refractivity contribution in [3.8, 4) is 5.75 Å². The maximum absolute atomic E-state index is 12.1. The number of nitrogens with two attached hydrogens (primary N) is 1. The summed E-state index contributed by atoms with van der Waals surface area (Å²) in [5.41, 5.74) is 4.84. The Morgan fingerprint density at radius 1 is 1.26 bits per heavy atom. The van der Waals surface area contributed by atoms with E-state index in [0.717, 1.165) is 4.90 Å². The van der Waals surface area contributed by atoms with Crippen molar-refractivity contribution in [2.75, 3.05) is 13.1 Å². The molecule has 0 aliphatic carbocycles. The zero-order valence-corrected chi connectivity index (χ0v) is 11.3. The van der Waals surface area contributed by atoms with E-state index in [1.807, 2.05) is 0 Å². The van der Waals surface area contributed by atoms with E-state index in [-0.39, 0.29) is 11.3 Å². The van der Waals surface area contributed by atoms with Gasteiger partial charge in [-0.05, 0) is 18.2 Å². The Hall–Kier alpha value is -2.09. The molecule has 1 rings (SSSR count). The fourth-order valence-corrected chi connectivity index (χ4v) is 1.76. The summed E-state index contributed by atoms with van der Waals surface area (Å²) >= 11 is 3.13. The second-order valence-electron chi connectivity index (χ2n) is 3.68. The van der Waals surface area contributed by atoms with Gasteiger partial charge >= 0.3 is 5.97 Å². The van der Waals surface area contributed by atoms with E-state index in [1.165, 1.54) is 18.2 Å². The molecule has 7 nitrogen and oxygen atoms in total. The third kappa shape index (κ3) is 4.25. The minimum atomic E-state index is -1.29. The van der Waals surface area contributed by atoms with Crippen molar-refractivity contribution in [2.45, 2.75) is 0 Å². The first kappa shape index (κ1) is 15.0. The van der Waals surface area contributed by atoms with Crippen molar-refractivity contribution in [2.24, 2.45) is 5.73 Å². The van der Waals surface area contributed by atoms with Crippen LogP contribution >= 0.6 is 15.9 Å². The molecule has 0 aliphatic rings. The molecule has 0 radical (unpaired) electrons. The molecule has 4 N–H and O–H groups in total. The molecule has 0 saturated carbocycles. The van der Waals surface area contributed by atoms with Crippen LogP contribution < -0.4 is 5.73 Å². The van der Waals surface area contributed by atoms with E-state index in [1.54, 1.807) is 0 Å². The van der Waals surface area contributed by atoms with E-state index < -0.39 is 30.9 Å². The summed E-state index contributed by atoms with van der Waals surface area (Å²) in [5, 5.41) is 18.3. The van der Waals surface area contributed by atoms with Crippen LogP contribution in [0.25, 0.3) is 0 Å². The largest absolute Gasteiger partial charge is 0.507 e. The molecule has 0 atom stereocenters. The van der Waals surface area contributed by atoms with Gasteiger partial charge in [0.15, 0.2) is 0 Å². The number of hydrogen-bond donors (Lipinski definition) is 3.